The van der Waals surface area contributed by atoms with Crippen LogP contribution in [0.25, 0.3) is 0 Å². The molecule has 0 aromatic rings. The molecule has 0 aromatic carbocycles. The highest BCUT2D eigenvalue weighted by atomic mass is 14.8. The molecule has 3 aliphatic rings. The minimum Gasteiger partial charge on any atom is -0.293 e. The van der Waals surface area contributed by atoms with Crippen molar-refractivity contribution in [1.82, 2.24) is 0 Å². The van der Waals surface area contributed by atoms with Crippen molar-refractivity contribution in [3.63, 3.8) is 0 Å². The third-order valence-corrected chi connectivity index (χ3v) is 5.82. The summed E-state index contributed by atoms with van der Waals surface area (Å²) in [6, 6.07) is 0.560. The number of hydrogen-bond donors (Lipinski definition) is 0. The van der Waals surface area contributed by atoms with Gasteiger partial charge in [0.25, 0.3) is 0 Å². The van der Waals surface area contributed by atoms with E-state index in [4.69, 9.17) is 4.99 Å². The Balaban J connectivity index is 1.76. The van der Waals surface area contributed by atoms with E-state index in [0.29, 0.717) is 11.5 Å². The number of allylic oxidation sites excluding steroid dienone is 3. The summed E-state index contributed by atoms with van der Waals surface area (Å²) in [5.41, 5.74) is 0.399. The van der Waals surface area contributed by atoms with E-state index in [1.165, 1.54) is 77.0 Å². The Morgan fingerprint density at radius 2 is 1.52 bits per heavy atom. The van der Waals surface area contributed by atoms with Crippen LogP contribution in [0.4, 0.5) is 0 Å². The number of rotatable bonds is 1. The lowest BCUT2D eigenvalue weighted by atomic mass is 9.83. The van der Waals surface area contributed by atoms with Crippen LogP contribution in [0.1, 0.15) is 77.0 Å². The fourth-order valence-electron chi connectivity index (χ4n) is 4.42. The molecule has 3 rings (SSSR count). The summed E-state index contributed by atoms with van der Waals surface area (Å²) in [7, 11) is 0. The van der Waals surface area contributed by atoms with E-state index in [1.807, 2.05) is 0 Å². The second-order valence-electron chi connectivity index (χ2n) is 7.42. The minimum atomic E-state index is 0.399. The Morgan fingerprint density at radius 1 is 0.810 bits per heavy atom. The second-order valence-corrected chi connectivity index (χ2v) is 7.42. The van der Waals surface area contributed by atoms with Gasteiger partial charge in [0, 0.05) is 11.6 Å². The Kier molecular flexibility index (Phi) is 5.32. The van der Waals surface area contributed by atoms with Gasteiger partial charge in [-0.1, -0.05) is 50.0 Å². The van der Waals surface area contributed by atoms with Gasteiger partial charge < -0.3 is 0 Å². The summed E-state index contributed by atoms with van der Waals surface area (Å²) in [5.74, 6) is 0.850. The molecule has 2 fully saturated rings. The SMILES string of the molecule is C1=CCC(C2CCCC2)N=CC2(C/C=C/CC1)CCCC2. The molecule has 1 unspecified atom stereocenters. The van der Waals surface area contributed by atoms with Crippen molar-refractivity contribution in [3.05, 3.63) is 24.3 Å². The summed E-state index contributed by atoms with van der Waals surface area (Å²) in [6.07, 6.45) is 27.9. The first kappa shape index (κ1) is 15.1. The lowest BCUT2D eigenvalue weighted by Crippen LogP contribution is -2.22. The van der Waals surface area contributed by atoms with Gasteiger partial charge in [0.1, 0.15) is 0 Å². The van der Waals surface area contributed by atoms with Crippen LogP contribution in [0.5, 0.6) is 0 Å². The van der Waals surface area contributed by atoms with E-state index in [9.17, 15) is 0 Å². The summed E-state index contributed by atoms with van der Waals surface area (Å²) in [6.45, 7) is 0. The van der Waals surface area contributed by atoms with Gasteiger partial charge in [-0.2, -0.15) is 0 Å². The van der Waals surface area contributed by atoms with Crippen molar-refractivity contribution in [1.29, 1.82) is 0 Å². The lowest BCUT2D eigenvalue weighted by Gasteiger charge is -2.25. The maximum Gasteiger partial charge on any atom is 0.0558 e. The Bertz CT molecular complexity index is 392. The van der Waals surface area contributed by atoms with Gasteiger partial charge in [0.2, 0.25) is 0 Å². The first-order chi connectivity index (χ1) is 10.4. The summed E-state index contributed by atoms with van der Waals surface area (Å²) >= 11 is 0. The van der Waals surface area contributed by atoms with E-state index in [-0.39, 0.29) is 0 Å². The molecule has 0 aromatic heterocycles. The number of hydrogen-bond acceptors (Lipinski definition) is 1. The molecule has 1 nitrogen and oxygen atoms in total. The highest BCUT2D eigenvalue weighted by Crippen LogP contribution is 2.41. The van der Waals surface area contributed by atoms with Crippen LogP contribution in [0, 0.1) is 11.3 Å². The van der Waals surface area contributed by atoms with Crippen molar-refractivity contribution in [2.45, 2.75) is 83.1 Å². The van der Waals surface area contributed by atoms with Gasteiger partial charge in [-0.3, -0.25) is 4.99 Å². The van der Waals surface area contributed by atoms with Gasteiger partial charge in [0.05, 0.1) is 6.04 Å². The standard InChI is InChI=1S/C20H31N/c1-2-4-8-14-20(15-9-10-16-20)17-21-19(13-5-3-1)18-11-6-7-12-18/h3-5,8,17-19H,1-2,6-7,9-16H2/b5-3?,8-4+,21-17?. The fraction of sp³-hybridized carbons (Fsp3) is 0.750. The predicted molar refractivity (Wildman–Crippen MR) is 91.9 cm³/mol. The molecule has 1 atom stereocenters. The molecule has 1 heterocycles. The topological polar surface area (TPSA) is 12.4 Å². The predicted octanol–water partition coefficient (Wildman–Crippen LogP) is 5.86. The quantitative estimate of drug-likeness (QED) is 0.535. The third-order valence-electron chi connectivity index (χ3n) is 5.82. The van der Waals surface area contributed by atoms with Crippen molar-refractivity contribution in [2.24, 2.45) is 16.3 Å². The van der Waals surface area contributed by atoms with Crippen LogP contribution in [0.15, 0.2) is 29.3 Å². The van der Waals surface area contributed by atoms with Gasteiger partial charge in [-0.05, 0) is 57.3 Å². The van der Waals surface area contributed by atoms with Gasteiger partial charge in [-0.25, -0.2) is 0 Å². The highest BCUT2D eigenvalue weighted by molar-refractivity contribution is 5.67. The molecule has 0 bridgehead atoms. The average molecular weight is 285 g/mol. The van der Waals surface area contributed by atoms with E-state index < -0.39 is 0 Å². The molecule has 21 heavy (non-hydrogen) atoms. The highest BCUT2D eigenvalue weighted by Gasteiger charge is 2.32. The van der Waals surface area contributed by atoms with Crippen LogP contribution in [0.3, 0.4) is 0 Å². The Hall–Kier alpha value is -0.850. The van der Waals surface area contributed by atoms with Gasteiger partial charge in [-0.15, -0.1) is 0 Å². The van der Waals surface area contributed by atoms with Gasteiger partial charge in [0.15, 0.2) is 0 Å². The molecule has 116 valence electrons. The lowest BCUT2D eigenvalue weighted by molar-refractivity contribution is 0.417. The molecule has 1 spiro atoms. The summed E-state index contributed by atoms with van der Waals surface area (Å²) < 4.78 is 0. The molecule has 1 heteroatoms. The van der Waals surface area contributed by atoms with Crippen molar-refractivity contribution < 1.29 is 0 Å². The Morgan fingerprint density at radius 3 is 2.29 bits per heavy atom. The van der Waals surface area contributed by atoms with Crippen LogP contribution in [-0.2, 0) is 0 Å². The maximum atomic E-state index is 5.16. The summed E-state index contributed by atoms with van der Waals surface area (Å²) in [5, 5.41) is 0. The molecule has 1 aliphatic heterocycles. The largest absolute Gasteiger partial charge is 0.293 e. The molecule has 0 radical (unpaired) electrons. The smallest absolute Gasteiger partial charge is 0.0558 e. The second kappa shape index (κ2) is 7.42. The van der Waals surface area contributed by atoms with Crippen LogP contribution < -0.4 is 0 Å². The van der Waals surface area contributed by atoms with Crippen LogP contribution >= 0.6 is 0 Å². The summed E-state index contributed by atoms with van der Waals surface area (Å²) in [4.78, 5) is 5.16. The average Bonchev–Trinajstić information content (AvgIpc) is 3.16. The number of nitrogens with zero attached hydrogens (tertiary/aromatic N) is 1. The van der Waals surface area contributed by atoms with E-state index in [1.54, 1.807) is 0 Å². The van der Waals surface area contributed by atoms with E-state index in [0.717, 1.165) is 5.92 Å². The fourth-order valence-corrected chi connectivity index (χ4v) is 4.42. The van der Waals surface area contributed by atoms with E-state index >= 15 is 0 Å². The molecule has 0 amide bonds. The molecule has 0 N–H and O–H groups in total. The first-order valence-corrected chi connectivity index (χ1v) is 9.22. The van der Waals surface area contributed by atoms with Crippen LogP contribution in [-0.4, -0.2) is 12.3 Å². The normalized spacial score (nSPS) is 32.1. The zero-order valence-electron chi connectivity index (χ0n) is 13.5. The monoisotopic (exact) mass is 285 g/mol. The molecular formula is C20H31N. The number of aliphatic imine (C=N–C) groups is 1. The zero-order valence-corrected chi connectivity index (χ0v) is 13.5. The molecule has 2 aliphatic carbocycles. The first-order valence-electron chi connectivity index (χ1n) is 9.22. The minimum absolute atomic E-state index is 0.399. The van der Waals surface area contributed by atoms with Crippen molar-refractivity contribution in [2.75, 3.05) is 0 Å². The van der Waals surface area contributed by atoms with Crippen LogP contribution in [0.2, 0.25) is 0 Å². The third kappa shape index (κ3) is 4.08. The van der Waals surface area contributed by atoms with E-state index in [2.05, 4.69) is 30.5 Å². The molecule has 0 saturated heterocycles. The zero-order chi connectivity index (χ0) is 14.4. The van der Waals surface area contributed by atoms with Crippen molar-refractivity contribution >= 4 is 6.21 Å². The van der Waals surface area contributed by atoms with Crippen molar-refractivity contribution in [3.8, 4) is 0 Å². The Labute approximate surface area is 130 Å². The van der Waals surface area contributed by atoms with Gasteiger partial charge >= 0.3 is 0 Å². The maximum absolute atomic E-state index is 5.16. The molecular weight excluding hydrogens is 254 g/mol. The molecule has 2 saturated carbocycles.